The van der Waals surface area contributed by atoms with Crippen LogP contribution < -0.4 is 4.74 Å². The predicted octanol–water partition coefficient (Wildman–Crippen LogP) is 5.94. The lowest BCUT2D eigenvalue weighted by Gasteiger charge is -2.20. The van der Waals surface area contributed by atoms with Gasteiger partial charge in [0, 0.05) is 0 Å². The molecule has 1 rings (SSSR count). The summed E-state index contributed by atoms with van der Waals surface area (Å²) in [6.07, 6.45) is 9.10. The van der Waals surface area contributed by atoms with Crippen molar-refractivity contribution in [1.82, 2.24) is 0 Å². The van der Waals surface area contributed by atoms with Gasteiger partial charge in [-0.2, -0.15) is 0 Å². The summed E-state index contributed by atoms with van der Waals surface area (Å²) in [7, 11) is 0. The summed E-state index contributed by atoms with van der Waals surface area (Å²) in [5, 5.41) is 0. The lowest BCUT2D eigenvalue weighted by atomic mass is 9.86. The Morgan fingerprint density at radius 2 is 1.70 bits per heavy atom. The van der Waals surface area contributed by atoms with Gasteiger partial charge >= 0.3 is 0 Å². The number of ether oxygens (including phenoxy) is 1. The van der Waals surface area contributed by atoms with Gasteiger partial charge in [0.2, 0.25) is 0 Å². The average Bonchev–Trinajstić information content (AvgIpc) is 2.42. The van der Waals surface area contributed by atoms with Crippen molar-refractivity contribution in [3.8, 4) is 5.75 Å². The Hall–Kier alpha value is -1.24. The zero-order valence-electron chi connectivity index (χ0n) is 13.8. The number of hydrogen-bond acceptors (Lipinski definition) is 1. The number of aryl methyl sites for hydroxylation is 2. The van der Waals surface area contributed by atoms with Crippen LogP contribution in [0, 0.1) is 13.8 Å². The summed E-state index contributed by atoms with van der Waals surface area (Å²) in [4.78, 5) is 0. The Kier molecular flexibility index (Phi) is 7.43. The molecule has 0 N–H and O–H groups in total. The molecule has 0 aliphatic carbocycles. The lowest BCUT2D eigenvalue weighted by Crippen LogP contribution is -2.04. The van der Waals surface area contributed by atoms with Crippen LogP contribution in [0.5, 0.6) is 5.75 Å². The third-order valence-electron chi connectivity index (χ3n) is 3.76. The van der Waals surface area contributed by atoms with Gasteiger partial charge in [0.1, 0.15) is 5.75 Å². The summed E-state index contributed by atoms with van der Waals surface area (Å²) in [6, 6.07) is 4.40. The van der Waals surface area contributed by atoms with Crippen molar-refractivity contribution in [2.75, 3.05) is 6.61 Å². The monoisotopic (exact) mass is 274 g/mol. The van der Waals surface area contributed by atoms with Crippen LogP contribution in [0.1, 0.15) is 69.1 Å². The van der Waals surface area contributed by atoms with E-state index < -0.39 is 0 Å². The van der Waals surface area contributed by atoms with E-state index >= 15 is 0 Å². The van der Waals surface area contributed by atoms with Crippen molar-refractivity contribution >= 4 is 0 Å². The number of allylic oxidation sites excluding steroid dienone is 2. The van der Waals surface area contributed by atoms with E-state index in [4.69, 9.17) is 4.74 Å². The lowest BCUT2D eigenvalue weighted by molar-refractivity contribution is 0.317. The predicted molar refractivity (Wildman–Crippen MR) is 88.8 cm³/mol. The molecule has 0 saturated heterocycles. The van der Waals surface area contributed by atoms with E-state index in [9.17, 15) is 0 Å². The Morgan fingerprint density at radius 3 is 2.20 bits per heavy atom. The van der Waals surface area contributed by atoms with E-state index in [1.807, 2.05) is 0 Å². The van der Waals surface area contributed by atoms with Crippen LogP contribution in [-0.2, 0) is 0 Å². The van der Waals surface area contributed by atoms with Crippen LogP contribution in [0.3, 0.4) is 0 Å². The van der Waals surface area contributed by atoms with Crippen LogP contribution in [0.4, 0.5) is 0 Å². The highest BCUT2D eigenvalue weighted by molar-refractivity contribution is 5.43. The molecular weight excluding hydrogens is 244 g/mol. The van der Waals surface area contributed by atoms with Gasteiger partial charge < -0.3 is 4.74 Å². The molecule has 0 aromatic heterocycles. The molecule has 1 atom stereocenters. The SMILES string of the molecule is CC/C=C\CC(CC)c1c(C)cc(OCCC)cc1C. The molecule has 0 spiro atoms. The Balaban J connectivity index is 2.95. The second kappa shape index (κ2) is 8.84. The molecule has 1 unspecified atom stereocenters. The number of rotatable bonds is 8. The molecule has 1 heteroatoms. The molecule has 1 aromatic rings. The van der Waals surface area contributed by atoms with Gasteiger partial charge in [-0.05, 0) is 74.3 Å². The van der Waals surface area contributed by atoms with Crippen molar-refractivity contribution in [3.63, 3.8) is 0 Å². The van der Waals surface area contributed by atoms with Crippen LogP contribution >= 0.6 is 0 Å². The van der Waals surface area contributed by atoms with Gasteiger partial charge in [0.15, 0.2) is 0 Å². The van der Waals surface area contributed by atoms with Crippen molar-refractivity contribution < 1.29 is 4.74 Å². The van der Waals surface area contributed by atoms with Crippen LogP contribution in [0.2, 0.25) is 0 Å². The molecule has 0 amide bonds. The molecule has 1 nitrogen and oxygen atoms in total. The van der Waals surface area contributed by atoms with Gasteiger partial charge in [-0.3, -0.25) is 0 Å². The fraction of sp³-hybridized carbons (Fsp3) is 0.579. The average molecular weight is 274 g/mol. The molecule has 20 heavy (non-hydrogen) atoms. The highest BCUT2D eigenvalue weighted by Gasteiger charge is 2.14. The fourth-order valence-electron chi connectivity index (χ4n) is 2.80. The molecule has 0 aliphatic rings. The summed E-state index contributed by atoms with van der Waals surface area (Å²) in [6.45, 7) is 11.8. The molecule has 0 aliphatic heterocycles. The Labute approximate surface area is 125 Å². The second-order valence-electron chi connectivity index (χ2n) is 5.54. The molecule has 0 bridgehead atoms. The molecule has 0 saturated carbocycles. The standard InChI is InChI=1S/C19H30O/c1-6-9-10-11-17(8-3)19-15(4)13-18(14-16(19)5)20-12-7-2/h9-10,13-14,17H,6-8,11-12H2,1-5H3/b10-9-. The largest absolute Gasteiger partial charge is 0.494 e. The summed E-state index contributed by atoms with van der Waals surface area (Å²) < 4.78 is 5.77. The van der Waals surface area contributed by atoms with Gasteiger partial charge in [-0.15, -0.1) is 0 Å². The van der Waals surface area contributed by atoms with Gasteiger partial charge in [0.25, 0.3) is 0 Å². The summed E-state index contributed by atoms with van der Waals surface area (Å²) in [5.41, 5.74) is 4.25. The van der Waals surface area contributed by atoms with Crippen molar-refractivity contribution in [1.29, 1.82) is 0 Å². The van der Waals surface area contributed by atoms with E-state index in [0.717, 1.165) is 31.6 Å². The smallest absolute Gasteiger partial charge is 0.119 e. The maximum atomic E-state index is 5.77. The third-order valence-corrected chi connectivity index (χ3v) is 3.76. The topological polar surface area (TPSA) is 9.23 Å². The molecule has 0 heterocycles. The van der Waals surface area contributed by atoms with Crippen molar-refractivity contribution in [2.45, 2.75) is 66.2 Å². The van der Waals surface area contributed by atoms with Crippen LogP contribution in [0.25, 0.3) is 0 Å². The summed E-state index contributed by atoms with van der Waals surface area (Å²) in [5.74, 6) is 1.64. The van der Waals surface area contributed by atoms with E-state index in [2.05, 4.69) is 58.9 Å². The van der Waals surface area contributed by atoms with Gasteiger partial charge in [0.05, 0.1) is 6.61 Å². The fourth-order valence-corrected chi connectivity index (χ4v) is 2.80. The first-order valence-electron chi connectivity index (χ1n) is 8.02. The highest BCUT2D eigenvalue weighted by Crippen LogP contribution is 2.32. The van der Waals surface area contributed by atoms with E-state index in [-0.39, 0.29) is 0 Å². The molecule has 0 radical (unpaired) electrons. The normalized spacial score (nSPS) is 12.8. The third kappa shape index (κ3) is 4.70. The maximum Gasteiger partial charge on any atom is 0.119 e. The van der Waals surface area contributed by atoms with E-state index in [1.54, 1.807) is 0 Å². The molecule has 1 aromatic carbocycles. The highest BCUT2D eigenvalue weighted by atomic mass is 16.5. The van der Waals surface area contributed by atoms with Crippen LogP contribution in [0.15, 0.2) is 24.3 Å². The van der Waals surface area contributed by atoms with Gasteiger partial charge in [-0.1, -0.05) is 32.9 Å². The zero-order valence-corrected chi connectivity index (χ0v) is 13.8. The van der Waals surface area contributed by atoms with E-state index in [0.29, 0.717) is 5.92 Å². The minimum absolute atomic E-state index is 0.623. The zero-order chi connectivity index (χ0) is 15.0. The number of hydrogen-bond donors (Lipinski definition) is 0. The van der Waals surface area contributed by atoms with Gasteiger partial charge in [-0.25, -0.2) is 0 Å². The first-order valence-corrected chi connectivity index (χ1v) is 8.02. The Morgan fingerprint density at radius 1 is 1.05 bits per heavy atom. The van der Waals surface area contributed by atoms with Crippen molar-refractivity contribution in [2.24, 2.45) is 0 Å². The molecule has 0 fully saturated rings. The minimum Gasteiger partial charge on any atom is -0.494 e. The quantitative estimate of drug-likeness (QED) is 0.533. The first kappa shape index (κ1) is 16.8. The molecule has 112 valence electrons. The minimum atomic E-state index is 0.623. The molecular formula is C19H30O. The Bertz CT molecular complexity index is 408. The maximum absolute atomic E-state index is 5.77. The van der Waals surface area contributed by atoms with Crippen LogP contribution in [-0.4, -0.2) is 6.61 Å². The summed E-state index contributed by atoms with van der Waals surface area (Å²) >= 11 is 0. The second-order valence-corrected chi connectivity index (χ2v) is 5.54. The number of benzene rings is 1. The van der Waals surface area contributed by atoms with Crippen molar-refractivity contribution in [3.05, 3.63) is 41.0 Å². The van der Waals surface area contributed by atoms with E-state index in [1.165, 1.54) is 23.1 Å². The first-order chi connectivity index (χ1) is 9.63.